The second-order valence-corrected chi connectivity index (χ2v) is 13.2. The molecule has 1 saturated heterocycles. The average Bonchev–Trinajstić information content (AvgIpc) is 3.02. The van der Waals surface area contributed by atoms with Crippen LogP contribution < -0.4 is 21.5 Å². The molecule has 0 bridgehead atoms. The largest absolute Gasteiger partial charge is 0.397 e. The maximum Gasteiger partial charge on any atom is 0.276 e. The number of amides is 1. The number of hydrogen-bond donors (Lipinski definition) is 2. The summed E-state index contributed by atoms with van der Waals surface area (Å²) in [6.45, 7) is 13.6. The number of nitriles is 1. The summed E-state index contributed by atoms with van der Waals surface area (Å²) in [6.07, 6.45) is 4.80. The zero-order chi connectivity index (χ0) is 34.6. The number of halogens is 5. The quantitative estimate of drug-likeness (QED) is 0.131. The lowest BCUT2D eigenvalue weighted by atomic mass is 9.94. The number of pyridine rings is 2. The van der Waals surface area contributed by atoms with Crippen LogP contribution in [-0.4, -0.2) is 51.6 Å². The molecule has 14 heteroatoms. The number of carbonyl (C=O) groups excluding carboxylic acids is 1. The first-order valence-corrected chi connectivity index (χ1v) is 15.9. The van der Waals surface area contributed by atoms with Gasteiger partial charge in [-0.3, -0.25) is 14.2 Å². The number of hydrogen-bond acceptors (Lipinski definition) is 7. The Morgan fingerprint density at radius 1 is 1.19 bits per heavy atom. The van der Waals surface area contributed by atoms with Gasteiger partial charge in [-0.15, -0.1) is 0 Å². The molecule has 0 spiro atoms. The zero-order valence-electron chi connectivity index (χ0n) is 26.3. The third kappa shape index (κ3) is 5.52. The Bertz CT molecular complexity index is 1980. The minimum Gasteiger partial charge on any atom is -0.397 e. The standard InChI is InChI=1S/C33H32Cl3F2N7O2/c1-7-21(46)44-16(5)12-43(13-17(44)6)31-18-10-20(34)29(22-25(37)26(38)23(35)24(36)27(22)40)42-32(18)45(33(47)19(31)11-39)30-15(4)8-9-41-28(30)14(2)3/h7-10,14,16-17,28,41H,1,12-13,40H2,2-6H3/t16-,17+,28-/m1/s1. The van der Waals surface area contributed by atoms with Gasteiger partial charge in [0, 0.05) is 30.6 Å². The van der Waals surface area contributed by atoms with Crippen molar-refractivity contribution in [2.24, 2.45) is 5.92 Å². The summed E-state index contributed by atoms with van der Waals surface area (Å²) in [7, 11) is 0. The molecule has 1 aromatic carbocycles. The maximum atomic E-state index is 15.6. The van der Waals surface area contributed by atoms with Crippen LogP contribution in [0.4, 0.5) is 20.2 Å². The number of rotatable bonds is 5. The SMILES string of the molecule is C=CC(=O)N1[C@H](C)CN(c2c(C#N)c(=O)n(C3=C(C)C=CN[C@@H]3C(C)C)c3nc(-c4c(N)c(Cl)c(Cl)c(F)c4F)c(Cl)cc23)C[C@@H]1C. The molecular weight excluding hydrogens is 671 g/mol. The minimum absolute atomic E-state index is 0.0238. The van der Waals surface area contributed by atoms with Crippen molar-refractivity contribution in [2.75, 3.05) is 23.7 Å². The van der Waals surface area contributed by atoms with Crippen LogP contribution in [-0.2, 0) is 4.79 Å². The van der Waals surface area contributed by atoms with E-state index in [9.17, 15) is 19.2 Å². The Morgan fingerprint density at radius 3 is 2.40 bits per heavy atom. The molecule has 4 heterocycles. The number of allylic oxidation sites excluding steroid dienone is 2. The van der Waals surface area contributed by atoms with E-state index in [4.69, 9.17) is 45.5 Å². The lowest BCUT2D eigenvalue weighted by Crippen LogP contribution is -2.58. The Morgan fingerprint density at radius 2 is 1.83 bits per heavy atom. The molecule has 1 amide bonds. The van der Waals surface area contributed by atoms with Crippen LogP contribution >= 0.6 is 34.8 Å². The number of nitrogens with two attached hydrogens (primary N) is 1. The molecule has 5 rings (SSSR count). The number of dihydropyridines is 1. The first kappa shape index (κ1) is 34.2. The Balaban J connectivity index is 1.92. The van der Waals surface area contributed by atoms with Gasteiger partial charge in [0.05, 0.1) is 44.4 Å². The molecule has 3 atom stereocenters. The molecule has 2 aliphatic rings. The highest BCUT2D eigenvalue weighted by molar-refractivity contribution is 6.44. The van der Waals surface area contributed by atoms with Crippen LogP contribution in [0.3, 0.4) is 0 Å². The topological polar surface area (TPSA) is 120 Å². The van der Waals surface area contributed by atoms with Crippen molar-refractivity contribution in [3.8, 4) is 17.3 Å². The number of nitrogens with one attached hydrogen (secondary N) is 1. The number of aromatic nitrogens is 2. The van der Waals surface area contributed by atoms with Gasteiger partial charge in [0.15, 0.2) is 11.6 Å². The van der Waals surface area contributed by atoms with Crippen LogP contribution in [0.15, 0.2) is 41.4 Å². The van der Waals surface area contributed by atoms with Crippen molar-refractivity contribution < 1.29 is 13.6 Å². The van der Waals surface area contributed by atoms with E-state index in [0.717, 1.165) is 0 Å². The molecule has 2 aromatic heterocycles. The molecule has 0 aliphatic carbocycles. The Kier molecular flexibility index (Phi) is 9.34. The van der Waals surface area contributed by atoms with E-state index in [2.05, 4.69) is 18.0 Å². The average molecular weight is 703 g/mol. The fourth-order valence-electron chi connectivity index (χ4n) is 6.53. The van der Waals surface area contributed by atoms with Gasteiger partial charge in [0.25, 0.3) is 5.56 Å². The smallest absolute Gasteiger partial charge is 0.276 e. The molecule has 9 nitrogen and oxygen atoms in total. The van der Waals surface area contributed by atoms with Crippen molar-refractivity contribution in [2.45, 2.75) is 52.7 Å². The molecule has 3 aromatic rings. The van der Waals surface area contributed by atoms with E-state index < -0.39 is 44.5 Å². The molecule has 0 saturated carbocycles. The normalized spacial score (nSPS) is 19.7. The molecule has 0 radical (unpaired) electrons. The predicted molar refractivity (Wildman–Crippen MR) is 183 cm³/mol. The van der Waals surface area contributed by atoms with Gasteiger partial charge < -0.3 is 20.9 Å². The lowest BCUT2D eigenvalue weighted by Gasteiger charge is -2.45. The van der Waals surface area contributed by atoms with Crippen LogP contribution in [0.2, 0.25) is 15.1 Å². The highest BCUT2D eigenvalue weighted by atomic mass is 35.5. The van der Waals surface area contributed by atoms with Crippen molar-refractivity contribution in [1.29, 1.82) is 5.26 Å². The van der Waals surface area contributed by atoms with Gasteiger partial charge in [0.1, 0.15) is 22.3 Å². The van der Waals surface area contributed by atoms with E-state index in [-0.39, 0.29) is 64.6 Å². The molecule has 246 valence electrons. The third-order valence-electron chi connectivity index (χ3n) is 8.61. The second-order valence-electron chi connectivity index (χ2n) is 12.1. The fourth-order valence-corrected chi connectivity index (χ4v) is 7.14. The van der Waals surface area contributed by atoms with Gasteiger partial charge in [-0.25, -0.2) is 13.8 Å². The van der Waals surface area contributed by atoms with Gasteiger partial charge in [-0.05, 0) is 56.7 Å². The zero-order valence-corrected chi connectivity index (χ0v) is 28.5. The molecule has 47 heavy (non-hydrogen) atoms. The summed E-state index contributed by atoms with van der Waals surface area (Å²) in [5, 5.41) is 12.8. The van der Waals surface area contributed by atoms with Crippen molar-refractivity contribution >= 4 is 68.8 Å². The van der Waals surface area contributed by atoms with Crippen molar-refractivity contribution in [1.82, 2.24) is 19.8 Å². The van der Waals surface area contributed by atoms with Gasteiger partial charge in [-0.2, -0.15) is 5.26 Å². The highest BCUT2D eigenvalue weighted by Crippen LogP contribution is 2.44. The third-order valence-corrected chi connectivity index (χ3v) is 9.74. The number of nitrogens with zero attached hydrogens (tertiary/aromatic N) is 5. The monoisotopic (exact) mass is 701 g/mol. The highest BCUT2D eigenvalue weighted by Gasteiger charge is 2.36. The van der Waals surface area contributed by atoms with E-state index >= 15 is 4.39 Å². The molecule has 1 fully saturated rings. The van der Waals surface area contributed by atoms with Crippen LogP contribution in [0.1, 0.15) is 40.2 Å². The number of benzene rings is 1. The number of anilines is 2. The number of fused-ring (bicyclic) bond motifs is 1. The fraction of sp³-hybridized carbons (Fsp3) is 0.333. The summed E-state index contributed by atoms with van der Waals surface area (Å²) >= 11 is 18.9. The number of carbonyl (C=O) groups is 1. The van der Waals surface area contributed by atoms with Gasteiger partial charge in [-0.1, -0.05) is 55.2 Å². The summed E-state index contributed by atoms with van der Waals surface area (Å²) < 4.78 is 31.8. The summed E-state index contributed by atoms with van der Waals surface area (Å²) in [5.41, 5.74) is 5.61. The minimum atomic E-state index is -1.44. The van der Waals surface area contributed by atoms with E-state index in [1.54, 1.807) is 17.2 Å². The Hall–Kier alpha value is -4.11. The first-order valence-electron chi connectivity index (χ1n) is 14.8. The number of nitrogen functional groups attached to an aromatic ring is 1. The number of piperazine rings is 1. The first-order chi connectivity index (χ1) is 22.2. The van der Waals surface area contributed by atoms with E-state index in [1.165, 1.54) is 16.7 Å². The summed E-state index contributed by atoms with van der Waals surface area (Å²) in [6, 6.07) is 2.51. The van der Waals surface area contributed by atoms with Crippen LogP contribution in [0.25, 0.3) is 28.0 Å². The van der Waals surface area contributed by atoms with E-state index in [1.807, 2.05) is 39.5 Å². The lowest BCUT2D eigenvalue weighted by molar-refractivity contribution is -0.130. The molecule has 0 unspecified atom stereocenters. The summed E-state index contributed by atoms with van der Waals surface area (Å²) in [4.78, 5) is 35.5. The maximum absolute atomic E-state index is 15.6. The predicted octanol–water partition coefficient (Wildman–Crippen LogP) is 6.74. The Labute approximate surface area is 285 Å². The van der Waals surface area contributed by atoms with Crippen molar-refractivity contribution in [3.63, 3.8) is 0 Å². The van der Waals surface area contributed by atoms with Gasteiger partial charge >= 0.3 is 0 Å². The van der Waals surface area contributed by atoms with Crippen LogP contribution in [0.5, 0.6) is 0 Å². The second kappa shape index (κ2) is 12.8. The summed E-state index contributed by atoms with van der Waals surface area (Å²) in [5.74, 6) is -3.13. The molecular formula is C33H32Cl3F2N7O2. The van der Waals surface area contributed by atoms with Crippen LogP contribution in [0, 0.1) is 28.9 Å². The van der Waals surface area contributed by atoms with Gasteiger partial charge in [0.2, 0.25) is 5.91 Å². The molecule has 3 N–H and O–H groups in total. The van der Waals surface area contributed by atoms with E-state index in [0.29, 0.717) is 16.7 Å². The van der Waals surface area contributed by atoms with Crippen molar-refractivity contribution in [3.05, 3.63) is 79.2 Å². The molecule has 2 aliphatic heterocycles.